The van der Waals surface area contributed by atoms with Crippen LogP contribution in [0.15, 0.2) is 36.9 Å². The van der Waals surface area contributed by atoms with E-state index in [0.29, 0.717) is 13.2 Å². The van der Waals surface area contributed by atoms with Crippen LogP contribution in [0, 0.1) is 0 Å². The van der Waals surface area contributed by atoms with Crippen LogP contribution in [-0.4, -0.2) is 19.7 Å². The highest BCUT2D eigenvalue weighted by atomic mass is 16.5. The van der Waals surface area contributed by atoms with Gasteiger partial charge in [0.2, 0.25) is 0 Å². The second kappa shape index (κ2) is 7.91. The molecule has 0 spiro atoms. The minimum absolute atomic E-state index is 0.667. The third kappa shape index (κ3) is 4.96. The zero-order valence-electron chi connectivity index (χ0n) is 9.61. The number of nitrogens with two attached hydrogens (primary N) is 1. The van der Waals surface area contributed by atoms with Gasteiger partial charge in [-0.2, -0.15) is 0 Å². The Bertz CT molecular complexity index is 313. The highest BCUT2D eigenvalue weighted by molar-refractivity contribution is 5.28. The summed E-state index contributed by atoms with van der Waals surface area (Å²) in [6.07, 6.45) is 2.74. The van der Waals surface area contributed by atoms with Crippen LogP contribution >= 0.6 is 0 Å². The van der Waals surface area contributed by atoms with Crippen molar-refractivity contribution in [2.45, 2.75) is 13.0 Å². The molecule has 1 aromatic rings. The molecule has 3 heteroatoms. The average Bonchev–Trinajstić information content (AvgIpc) is 2.30. The predicted molar refractivity (Wildman–Crippen MR) is 67.5 cm³/mol. The largest absolute Gasteiger partial charge is 0.494 e. The van der Waals surface area contributed by atoms with Crippen LogP contribution < -0.4 is 15.8 Å². The van der Waals surface area contributed by atoms with Gasteiger partial charge in [0.25, 0.3) is 0 Å². The summed E-state index contributed by atoms with van der Waals surface area (Å²) >= 11 is 0. The number of rotatable bonds is 8. The fourth-order valence-corrected chi connectivity index (χ4v) is 1.34. The normalized spacial score (nSPS) is 10.1. The number of ether oxygens (including phenoxy) is 1. The summed E-state index contributed by atoms with van der Waals surface area (Å²) in [7, 11) is 0. The molecule has 0 saturated carbocycles. The van der Waals surface area contributed by atoms with E-state index in [1.165, 1.54) is 5.56 Å². The molecule has 0 radical (unpaired) electrons. The van der Waals surface area contributed by atoms with Crippen molar-refractivity contribution in [3.8, 4) is 5.75 Å². The van der Waals surface area contributed by atoms with Gasteiger partial charge >= 0.3 is 0 Å². The molecule has 0 amide bonds. The van der Waals surface area contributed by atoms with E-state index in [1.54, 1.807) is 0 Å². The molecule has 1 aromatic carbocycles. The maximum atomic E-state index is 5.57. The zero-order chi connectivity index (χ0) is 11.6. The van der Waals surface area contributed by atoms with Crippen LogP contribution in [0.2, 0.25) is 0 Å². The summed E-state index contributed by atoms with van der Waals surface area (Å²) in [4.78, 5) is 0. The Morgan fingerprint density at radius 2 is 2.31 bits per heavy atom. The Labute approximate surface area is 97.3 Å². The molecule has 0 aliphatic heterocycles. The fraction of sp³-hybridized carbons (Fsp3) is 0.385. The van der Waals surface area contributed by atoms with Crippen molar-refractivity contribution in [3.05, 3.63) is 42.5 Å². The van der Waals surface area contributed by atoms with Crippen LogP contribution in [0.4, 0.5) is 0 Å². The van der Waals surface area contributed by atoms with Gasteiger partial charge in [-0.1, -0.05) is 18.2 Å². The van der Waals surface area contributed by atoms with Gasteiger partial charge in [0, 0.05) is 13.1 Å². The second-order valence-electron chi connectivity index (χ2n) is 3.56. The molecule has 16 heavy (non-hydrogen) atoms. The summed E-state index contributed by atoms with van der Waals surface area (Å²) in [5.41, 5.74) is 6.62. The summed E-state index contributed by atoms with van der Waals surface area (Å²) in [6, 6.07) is 8.09. The van der Waals surface area contributed by atoms with Gasteiger partial charge in [0.1, 0.15) is 5.75 Å². The van der Waals surface area contributed by atoms with Crippen LogP contribution in [-0.2, 0) is 6.54 Å². The van der Waals surface area contributed by atoms with Crippen molar-refractivity contribution in [2.75, 3.05) is 19.7 Å². The SMILES string of the molecule is C=CCNCc1cccc(OCCCN)c1. The predicted octanol–water partition coefficient (Wildman–Crippen LogP) is 1.69. The molecule has 3 nitrogen and oxygen atoms in total. The first-order chi connectivity index (χ1) is 7.86. The van der Waals surface area contributed by atoms with E-state index in [9.17, 15) is 0 Å². The summed E-state index contributed by atoms with van der Waals surface area (Å²) in [6.45, 7) is 6.66. The Balaban J connectivity index is 2.40. The van der Waals surface area contributed by atoms with E-state index < -0.39 is 0 Å². The minimum atomic E-state index is 0.667. The molecular weight excluding hydrogens is 200 g/mol. The van der Waals surface area contributed by atoms with Crippen LogP contribution in [0.25, 0.3) is 0 Å². The number of hydrogen-bond donors (Lipinski definition) is 2. The summed E-state index contributed by atoms with van der Waals surface area (Å²) < 4.78 is 5.57. The van der Waals surface area contributed by atoms with Crippen molar-refractivity contribution in [1.82, 2.24) is 5.32 Å². The minimum Gasteiger partial charge on any atom is -0.494 e. The zero-order valence-corrected chi connectivity index (χ0v) is 9.61. The molecule has 0 heterocycles. The highest BCUT2D eigenvalue weighted by Gasteiger charge is 1.96. The van der Waals surface area contributed by atoms with Crippen LogP contribution in [0.3, 0.4) is 0 Å². The second-order valence-corrected chi connectivity index (χ2v) is 3.56. The molecule has 0 aliphatic rings. The molecule has 0 aliphatic carbocycles. The first-order valence-corrected chi connectivity index (χ1v) is 5.60. The van der Waals surface area contributed by atoms with Gasteiger partial charge in [0.15, 0.2) is 0 Å². The van der Waals surface area contributed by atoms with Gasteiger partial charge in [-0.25, -0.2) is 0 Å². The van der Waals surface area contributed by atoms with Crippen molar-refractivity contribution in [2.24, 2.45) is 5.73 Å². The van der Waals surface area contributed by atoms with Crippen molar-refractivity contribution < 1.29 is 4.74 Å². The molecule has 88 valence electrons. The van der Waals surface area contributed by atoms with Gasteiger partial charge < -0.3 is 15.8 Å². The summed E-state index contributed by atoms with van der Waals surface area (Å²) in [5, 5.41) is 3.25. The maximum Gasteiger partial charge on any atom is 0.119 e. The van der Waals surface area contributed by atoms with Gasteiger partial charge in [-0.15, -0.1) is 6.58 Å². The lowest BCUT2D eigenvalue weighted by atomic mass is 10.2. The topological polar surface area (TPSA) is 47.3 Å². The van der Waals surface area contributed by atoms with Crippen molar-refractivity contribution in [3.63, 3.8) is 0 Å². The monoisotopic (exact) mass is 220 g/mol. The number of nitrogens with one attached hydrogen (secondary N) is 1. The smallest absolute Gasteiger partial charge is 0.119 e. The van der Waals surface area contributed by atoms with Gasteiger partial charge in [-0.3, -0.25) is 0 Å². The van der Waals surface area contributed by atoms with E-state index >= 15 is 0 Å². The molecule has 0 unspecified atom stereocenters. The number of benzene rings is 1. The lowest BCUT2D eigenvalue weighted by molar-refractivity contribution is 0.313. The third-order valence-electron chi connectivity index (χ3n) is 2.13. The van der Waals surface area contributed by atoms with Crippen LogP contribution in [0.1, 0.15) is 12.0 Å². The van der Waals surface area contributed by atoms with Gasteiger partial charge in [0.05, 0.1) is 6.61 Å². The van der Waals surface area contributed by atoms with Crippen molar-refractivity contribution in [1.29, 1.82) is 0 Å². The van der Waals surface area contributed by atoms with E-state index in [0.717, 1.165) is 25.3 Å². The molecule has 0 atom stereocenters. The average molecular weight is 220 g/mol. The molecule has 0 aromatic heterocycles. The molecule has 1 rings (SSSR count). The molecule has 0 fully saturated rings. The Hall–Kier alpha value is -1.32. The molecular formula is C13H20N2O. The Morgan fingerprint density at radius 1 is 1.44 bits per heavy atom. The highest BCUT2D eigenvalue weighted by Crippen LogP contribution is 2.13. The fourth-order valence-electron chi connectivity index (χ4n) is 1.34. The first kappa shape index (κ1) is 12.7. The number of hydrogen-bond acceptors (Lipinski definition) is 3. The van der Waals surface area contributed by atoms with Crippen molar-refractivity contribution >= 4 is 0 Å². The van der Waals surface area contributed by atoms with E-state index in [1.807, 2.05) is 24.3 Å². The maximum absolute atomic E-state index is 5.57. The standard InChI is InChI=1S/C13H20N2O/c1-2-8-15-11-12-5-3-6-13(10-12)16-9-4-7-14/h2-3,5-6,10,15H,1,4,7-9,11,14H2. The Kier molecular flexibility index (Phi) is 6.30. The quantitative estimate of drug-likeness (QED) is 0.517. The molecule has 0 bridgehead atoms. The lowest BCUT2D eigenvalue weighted by Gasteiger charge is -2.07. The first-order valence-electron chi connectivity index (χ1n) is 5.60. The van der Waals surface area contributed by atoms with Crippen LogP contribution in [0.5, 0.6) is 5.75 Å². The summed E-state index contributed by atoms with van der Waals surface area (Å²) in [5.74, 6) is 0.909. The van der Waals surface area contributed by atoms with Gasteiger partial charge in [-0.05, 0) is 30.7 Å². The third-order valence-corrected chi connectivity index (χ3v) is 2.13. The molecule has 3 N–H and O–H groups in total. The van der Waals surface area contributed by atoms with E-state index in [2.05, 4.69) is 18.0 Å². The lowest BCUT2D eigenvalue weighted by Crippen LogP contribution is -2.12. The van der Waals surface area contributed by atoms with E-state index in [-0.39, 0.29) is 0 Å². The Morgan fingerprint density at radius 3 is 3.06 bits per heavy atom. The van der Waals surface area contributed by atoms with E-state index in [4.69, 9.17) is 10.5 Å². The molecule has 0 saturated heterocycles.